The summed E-state index contributed by atoms with van der Waals surface area (Å²) in [6.07, 6.45) is 1.50. The SMILES string of the molecule is Cc1csc(/C(C#N)=C/Nc2nn[nH]n2)n1. The molecule has 0 radical (unpaired) electrons. The van der Waals surface area contributed by atoms with E-state index in [9.17, 15) is 0 Å². The summed E-state index contributed by atoms with van der Waals surface area (Å²) in [5, 5.41) is 27.3. The van der Waals surface area contributed by atoms with Crippen molar-refractivity contribution in [1.29, 1.82) is 5.26 Å². The summed E-state index contributed by atoms with van der Waals surface area (Å²) in [4.78, 5) is 4.21. The third-order valence-corrected chi connectivity index (χ3v) is 2.65. The Labute approximate surface area is 94.8 Å². The summed E-state index contributed by atoms with van der Waals surface area (Å²) in [6, 6.07) is 2.05. The lowest BCUT2D eigenvalue weighted by Gasteiger charge is -1.93. The Balaban J connectivity index is 2.17. The number of nitrogens with zero attached hydrogens (tertiary/aromatic N) is 5. The predicted octanol–water partition coefficient (Wildman–Crippen LogP) is 0.941. The van der Waals surface area contributed by atoms with E-state index in [2.05, 4.69) is 37.0 Å². The number of aromatic nitrogens is 5. The Hall–Kier alpha value is -2.27. The number of nitrogens with one attached hydrogen (secondary N) is 2. The highest BCUT2D eigenvalue weighted by Crippen LogP contribution is 2.18. The largest absolute Gasteiger partial charge is 0.327 e. The van der Waals surface area contributed by atoms with Crippen molar-refractivity contribution in [3.05, 3.63) is 22.3 Å². The molecule has 0 saturated heterocycles. The molecule has 2 aromatic rings. The van der Waals surface area contributed by atoms with Crippen LogP contribution in [-0.2, 0) is 0 Å². The quantitative estimate of drug-likeness (QED) is 0.765. The van der Waals surface area contributed by atoms with Crippen LogP contribution in [0.15, 0.2) is 11.6 Å². The Kier molecular flexibility index (Phi) is 2.88. The highest BCUT2D eigenvalue weighted by Gasteiger charge is 2.05. The zero-order valence-electron chi connectivity index (χ0n) is 8.30. The fraction of sp³-hybridized carbons (Fsp3) is 0.125. The first-order valence-electron chi connectivity index (χ1n) is 4.32. The van der Waals surface area contributed by atoms with Gasteiger partial charge in [0.05, 0.1) is 0 Å². The molecular weight excluding hydrogens is 226 g/mol. The minimum atomic E-state index is 0.307. The first-order valence-corrected chi connectivity index (χ1v) is 5.20. The lowest BCUT2D eigenvalue weighted by atomic mass is 10.3. The molecule has 7 nitrogen and oxygen atoms in total. The number of H-pyrrole nitrogens is 1. The molecule has 2 rings (SSSR count). The number of rotatable bonds is 3. The van der Waals surface area contributed by atoms with E-state index in [-0.39, 0.29) is 0 Å². The normalized spacial score (nSPS) is 11.1. The standard InChI is InChI=1S/C8H7N7S/c1-5-4-16-7(11-5)6(2-9)3-10-8-12-14-15-13-8/h3-4H,1H3,(H2,10,12,13,14,15)/b6-3+. The predicted molar refractivity (Wildman–Crippen MR) is 58.2 cm³/mol. The van der Waals surface area contributed by atoms with Crippen LogP contribution in [0, 0.1) is 18.3 Å². The van der Waals surface area contributed by atoms with Crippen LogP contribution < -0.4 is 5.32 Å². The second-order valence-electron chi connectivity index (χ2n) is 2.84. The summed E-state index contributed by atoms with van der Waals surface area (Å²) in [7, 11) is 0. The molecule has 0 amide bonds. The van der Waals surface area contributed by atoms with E-state index in [0.29, 0.717) is 16.5 Å². The molecule has 0 saturated carbocycles. The molecule has 0 fully saturated rings. The highest BCUT2D eigenvalue weighted by molar-refractivity contribution is 7.10. The van der Waals surface area contributed by atoms with E-state index in [1.165, 1.54) is 17.5 Å². The molecule has 0 aliphatic heterocycles. The molecule has 2 heterocycles. The first kappa shape index (κ1) is 10.3. The Morgan fingerprint density at radius 1 is 1.69 bits per heavy atom. The van der Waals surface area contributed by atoms with Crippen LogP contribution >= 0.6 is 11.3 Å². The van der Waals surface area contributed by atoms with Crippen molar-refractivity contribution in [3.8, 4) is 6.07 Å². The van der Waals surface area contributed by atoms with E-state index < -0.39 is 0 Å². The van der Waals surface area contributed by atoms with Gasteiger partial charge in [0, 0.05) is 17.3 Å². The number of allylic oxidation sites excluding steroid dienone is 1. The molecule has 0 aromatic carbocycles. The van der Waals surface area contributed by atoms with Gasteiger partial charge in [-0.15, -0.1) is 16.4 Å². The van der Waals surface area contributed by atoms with Crippen LogP contribution in [-0.4, -0.2) is 25.6 Å². The lowest BCUT2D eigenvalue weighted by molar-refractivity contribution is 0.881. The van der Waals surface area contributed by atoms with Gasteiger partial charge in [-0.25, -0.2) is 4.98 Å². The summed E-state index contributed by atoms with van der Waals surface area (Å²) < 4.78 is 0. The van der Waals surface area contributed by atoms with Gasteiger partial charge in [0.15, 0.2) is 0 Å². The molecule has 0 aliphatic rings. The van der Waals surface area contributed by atoms with Gasteiger partial charge >= 0.3 is 0 Å². The molecule has 8 heteroatoms. The van der Waals surface area contributed by atoms with Gasteiger partial charge in [-0.3, -0.25) is 0 Å². The van der Waals surface area contributed by atoms with E-state index in [4.69, 9.17) is 5.26 Å². The molecule has 16 heavy (non-hydrogen) atoms. The monoisotopic (exact) mass is 233 g/mol. The van der Waals surface area contributed by atoms with E-state index in [1.54, 1.807) is 0 Å². The van der Waals surface area contributed by atoms with Gasteiger partial charge < -0.3 is 5.32 Å². The third kappa shape index (κ3) is 2.21. The first-order chi connectivity index (χ1) is 7.79. The maximum atomic E-state index is 8.96. The average Bonchev–Trinajstić information content (AvgIpc) is 2.91. The molecule has 0 aliphatic carbocycles. The molecule has 0 spiro atoms. The molecular formula is C8H7N7S. The molecule has 0 unspecified atom stereocenters. The zero-order chi connectivity index (χ0) is 11.4. The molecule has 80 valence electrons. The highest BCUT2D eigenvalue weighted by atomic mass is 32.1. The summed E-state index contributed by atoms with van der Waals surface area (Å²) in [5.41, 5.74) is 1.32. The van der Waals surface area contributed by atoms with Crippen molar-refractivity contribution in [2.45, 2.75) is 6.92 Å². The van der Waals surface area contributed by atoms with Crippen LogP contribution in [0.2, 0.25) is 0 Å². The van der Waals surface area contributed by atoms with Crippen LogP contribution in [0.25, 0.3) is 5.57 Å². The lowest BCUT2D eigenvalue weighted by Crippen LogP contribution is -1.92. The minimum Gasteiger partial charge on any atom is -0.327 e. The van der Waals surface area contributed by atoms with Crippen LogP contribution in [0.1, 0.15) is 10.7 Å². The van der Waals surface area contributed by atoms with Gasteiger partial charge in [-0.2, -0.15) is 10.5 Å². The van der Waals surface area contributed by atoms with Crippen molar-refractivity contribution in [3.63, 3.8) is 0 Å². The van der Waals surface area contributed by atoms with Crippen molar-refractivity contribution in [1.82, 2.24) is 25.6 Å². The van der Waals surface area contributed by atoms with Gasteiger partial charge in [0.25, 0.3) is 5.95 Å². The fourth-order valence-corrected chi connectivity index (χ4v) is 1.74. The number of aryl methyl sites for hydroxylation is 1. The minimum absolute atomic E-state index is 0.307. The van der Waals surface area contributed by atoms with E-state index in [1.807, 2.05) is 12.3 Å². The maximum Gasteiger partial charge on any atom is 0.267 e. The number of nitriles is 1. The van der Waals surface area contributed by atoms with Gasteiger partial charge in [-0.05, 0) is 12.1 Å². The molecule has 2 N–H and O–H groups in total. The van der Waals surface area contributed by atoms with Crippen molar-refractivity contribution in [2.24, 2.45) is 0 Å². The number of thiazole rings is 1. The van der Waals surface area contributed by atoms with Crippen molar-refractivity contribution in [2.75, 3.05) is 5.32 Å². The van der Waals surface area contributed by atoms with Crippen molar-refractivity contribution < 1.29 is 0 Å². The number of aromatic amines is 1. The Bertz CT molecular complexity index is 533. The summed E-state index contributed by atoms with van der Waals surface area (Å²) in [6.45, 7) is 1.88. The molecule has 0 bridgehead atoms. The maximum absolute atomic E-state index is 8.96. The van der Waals surface area contributed by atoms with Crippen LogP contribution in [0.3, 0.4) is 0 Å². The second-order valence-corrected chi connectivity index (χ2v) is 3.70. The molecule has 2 aromatic heterocycles. The Morgan fingerprint density at radius 3 is 3.12 bits per heavy atom. The fourth-order valence-electron chi connectivity index (χ4n) is 0.979. The number of anilines is 1. The third-order valence-electron chi connectivity index (χ3n) is 1.66. The topological polar surface area (TPSA) is 103 Å². The van der Waals surface area contributed by atoms with Gasteiger partial charge in [-0.1, -0.05) is 5.10 Å². The number of hydrogen-bond donors (Lipinski definition) is 2. The van der Waals surface area contributed by atoms with Crippen LogP contribution in [0.4, 0.5) is 5.95 Å². The summed E-state index contributed by atoms with van der Waals surface area (Å²) in [5.74, 6) is 0.307. The molecule has 0 atom stereocenters. The zero-order valence-corrected chi connectivity index (χ0v) is 9.12. The smallest absolute Gasteiger partial charge is 0.267 e. The number of hydrogen-bond acceptors (Lipinski definition) is 7. The van der Waals surface area contributed by atoms with Crippen LogP contribution in [0.5, 0.6) is 0 Å². The summed E-state index contributed by atoms with van der Waals surface area (Å²) >= 11 is 1.41. The van der Waals surface area contributed by atoms with Crippen molar-refractivity contribution >= 4 is 22.9 Å². The van der Waals surface area contributed by atoms with Gasteiger partial charge in [0.1, 0.15) is 16.6 Å². The van der Waals surface area contributed by atoms with E-state index in [0.717, 1.165) is 5.69 Å². The van der Waals surface area contributed by atoms with Gasteiger partial charge in [0.2, 0.25) is 0 Å². The number of tetrazole rings is 1. The Morgan fingerprint density at radius 2 is 2.56 bits per heavy atom. The van der Waals surface area contributed by atoms with E-state index >= 15 is 0 Å². The second kappa shape index (κ2) is 4.50. The average molecular weight is 233 g/mol.